The van der Waals surface area contributed by atoms with Crippen LogP contribution in [0.1, 0.15) is 39.0 Å². The van der Waals surface area contributed by atoms with Gasteiger partial charge in [0.2, 0.25) is 5.91 Å². The zero-order valence-electron chi connectivity index (χ0n) is 13.3. The van der Waals surface area contributed by atoms with Gasteiger partial charge in [-0.25, -0.2) is 0 Å². The molecule has 2 fully saturated rings. The third-order valence-electron chi connectivity index (χ3n) is 5.11. The lowest BCUT2D eigenvalue weighted by Gasteiger charge is -2.34. The van der Waals surface area contributed by atoms with Gasteiger partial charge in [-0.1, -0.05) is 31.0 Å². The molecule has 1 saturated carbocycles. The first-order chi connectivity index (χ1) is 10.6. The van der Waals surface area contributed by atoms with Crippen molar-refractivity contribution in [2.45, 2.75) is 54.7 Å². The molecule has 120 valence electrons. The molecule has 0 radical (unpaired) electrons. The maximum atomic E-state index is 13.3. The number of hydrogen-bond donors (Lipinski definition) is 1. The minimum atomic E-state index is -0.251. The standard InChI is InChI=1S/C18H26N2OS/c1-14-11-15(12-19)13-20(14)17(21)18(9-5-6-10-18)22-16-7-3-2-4-8-16/h2-4,7-8,14-15H,5-6,9-13,19H2,1H3. The van der Waals surface area contributed by atoms with Crippen LogP contribution in [0.4, 0.5) is 0 Å². The van der Waals surface area contributed by atoms with Gasteiger partial charge < -0.3 is 10.6 Å². The first-order valence-electron chi connectivity index (χ1n) is 8.40. The molecule has 1 saturated heterocycles. The van der Waals surface area contributed by atoms with Crippen LogP contribution in [0.25, 0.3) is 0 Å². The lowest BCUT2D eigenvalue weighted by Crippen LogP contribution is -2.47. The van der Waals surface area contributed by atoms with Gasteiger partial charge in [0.15, 0.2) is 0 Å². The van der Waals surface area contributed by atoms with E-state index in [1.165, 1.54) is 4.90 Å². The molecule has 3 nitrogen and oxygen atoms in total. The second kappa shape index (κ2) is 6.63. The van der Waals surface area contributed by atoms with Crippen molar-refractivity contribution in [2.75, 3.05) is 13.1 Å². The van der Waals surface area contributed by atoms with Crippen molar-refractivity contribution in [1.82, 2.24) is 4.90 Å². The van der Waals surface area contributed by atoms with Crippen molar-refractivity contribution in [3.8, 4) is 0 Å². The Morgan fingerprint density at radius 3 is 2.59 bits per heavy atom. The Balaban J connectivity index is 1.80. The predicted octanol–water partition coefficient (Wildman–Crippen LogP) is 3.29. The molecular weight excluding hydrogens is 292 g/mol. The van der Waals surface area contributed by atoms with Crippen LogP contribution < -0.4 is 5.73 Å². The van der Waals surface area contributed by atoms with Crippen LogP contribution in [0.3, 0.4) is 0 Å². The highest BCUT2D eigenvalue weighted by molar-refractivity contribution is 8.01. The Bertz CT molecular complexity index is 513. The Morgan fingerprint density at radius 2 is 2.00 bits per heavy atom. The molecule has 3 rings (SSSR count). The van der Waals surface area contributed by atoms with Gasteiger partial charge in [-0.05, 0) is 50.8 Å². The molecule has 1 aromatic rings. The highest BCUT2D eigenvalue weighted by atomic mass is 32.2. The monoisotopic (exact) mass is 318 g/mol. The smallest absolute Gasteiger partial charge is 0.239 e. The molecule has 4 heteroatoms. The van der Waals surface area contributed by atoms with Crippen molar-refractivity contribution >= 4 is 17.7 Å². The molecule has 2 aliphatic rings. The number of carbonyl (C=O) groups is 1. The summed E-state index contributed by atoms with van der Waals surface area (Å²) in [4.78, 5) is 16.6. The van der Waals surface area contributed by atoms with E-state index in [1.54, 1.807) is 11.8 Å². The third-order valence-corrected chi connectivity index (χ3v) is 6.59. The van der Waals surface area contributed by atoms with E-state index in [0.29, 0.717) is 24.4 Å². The highest BCUT2D eigenvalue weighted by Crippen LogP contribution is 2.47. The fourth-order valence-electron chi connectivity index (χ4n) is 3.88. The molecule has 2 unspecified atom stereocenters. The predicted molar refractivity (Wildman–Crippen MR) is 91.8 cm³/mol. The van der Waals surface area contributed by atoms with E-state index in [2.05, 4.69) is 36.1 Å². The summed E-state index contributed by atoms with van der Waals surface area (Å²) in [7, 11) is 0. The average molecular weight is 318 g/mol. The number of nitrogens with two attached hydrogens (primary N) is 1. The van der Waals surface area contributed by atoms with Gasteiger partial charge in [-0.2, -0.15) is 0 Å². The van der Waals surface area contributed by atoms with Crippen molar-refractivity contribution in [3.05, 3.63) is 30.3 Å². The summed E-state index contributed by atoms with van der Waals surface area (Å²) in [6.07, 6.45) is 5.38. The van der Waals surface area contributed by atoms with Gasteiger partial charge in [-0.3, -0.25) is 4.79 Å². The van der Waals surface area contributed by atoms with Crippen LogP contribution in [0.5, 0.6) is 0 Å². The Labute approximate surface area is 137 Å². The number of rotatable bonds is 4. The average Bonchev–Trinajstić information content (AvgIpc) is 3.15. The SMILES string of the molecule is CC1CC(CN)CN1C(=O)C1(Sc2ccccc2)CCCC1. The molecule has 1 heterocycles. The minimum Gasteiger partial charge on any atom is -0.338 e. The normalized spacial score (nSPS) is 27.3. The van der Waals surface area contributed by atoms with Gasteiger partial charge >= 0.3 is 0 Å². The number of thioether (sulfide) groups is 1. The lowest BCUT2D eigenvalue weighted by molar-refractivity contribution is -0.134. The zero-order valence-corrected chi connectivity index (χ0v) is 14.1. The summed E-state index contributed by atoms with van der Waals surface area (Å²) in [5.74, 6) is 0.821. The molecule has 1 aliphatic carbocycles. The molecule has 0 aromatic heterocycles. The first-order valence-corrected chi connectivity index (χ1v) is 9.21. The molecular formula is C18H26N2OS. The van der Waals surface area contributed by atoms with Crippen molar-refractivity contribution in [2.24, 2.45) is 11.7 Å². The number of carbonyl (C=O) groups excluding carboxylic acids is 1. The van der Waals surface area contributed by atoms with Gasteiger partial charge in [0.1, 0.15) is 0 Å². The van der Waals surface area contributed by atoms with Crippen molar-refractivity contribution < 1.29 is 4.79 Å². The molecule has 1 aliphatic heterocycles. The Kier molecular flexibility index (Phi) is 4.79. The van der Waals surface area contributed by atoms with Crippen LogP contribution in [-0.2, 0) is 4.79 Å². The third kappa shape index (κ3) is 3.04. The van der Waals surface area contributed by atoms with Crippen LogP contribution >= 0.6 is 11.8 Å². The fraction of sp³-hybridized carbons (Fsp3) is 0.611. The van der Waals surface area contributed by atoms with E-state index < -0.39 is 0 Å². The Hall–Kier alpha value is -1.00. The quantitative estimate of drug-likeness (QED) is 0.926. The number of hydrogen-bond acceptors (Lipinski definition) is 3. The van der Waals surface area contributed by atoms with E-state index in [9.17, 15) is 4.79 Å². The second-order valence-corrected chi connectivity index (χ2v) is 8.22. The summed E-state index contributed by atoms with van der Waals surface area (Å²) < 4.78 is -0.251. The molecule has 2 N–H and O–H groups in total. The molecule has 22 heavy (non-hydrogen) atoms. The van der Waals surface area contributed by atoms with Gasteiger partial charge in [-0.15, -0.1) is 11.8 Å². The summed E-state index contributed by atoms with van der Waals surface area (Å²) >= 11 is 1.78. The fourth-order valence-corrected chi connectivity index (χ4v) is 5.32. The molecule has 1 amide bonds. The highest BCUT2D eigenvalue weighted by Gasteiger charge is 2.47. The molecule has 0 spiro atoms. The van der Waals surface area contributed by atoms with Gasteiger partial charge in [0, 0.05) is 17.5 Å². The molecule has 0 bridgehead atoms. The van der Waals surface area contributed by atoms with E-state index >= 15 is 0 Å². The van der Waals surface area contributed by atoms with Gasteiger partial charge in [0.25, 0.3) is 0 Å². The number of likely N-dealkylation sites (tertiary alicyclic amines) is 1. The maximum Gasteiger partial charge on any atom is 0.239 e. The lowest BCUT2D eigenvalue weighted by atomic mass is 10.0. The van der Waals surface area contributed by atoms with Crippen LogP contribution in [0.2, 0.25) is 0 Å². The van der Waals surface area contributed by atoms with Gasteiger partial charge in [0.05, 0.1) is 4.75 Å². The maximum absolute atomic E-state index is 13.3. The second-order valence-electron chi connectivity index (χ2n) is 6.76. The molecule has 1 aromatic carbocycles. The summed E-state index contributed by atoms with van der Waals surface area (Å²) in [5.41, 5.74) is 5.83. The van der Waals surface area contributed by atoms with E-state index in [-0.39, 0.29) is 4.75 Å². The van der Waals surface area contributed by atoms with E-state index in [4.69, 9.17) is 5.73 Å². The summed E-state index contributed by atoms with van der Waals surface area (Å²) in [6.45, 7) is 3.70. The van der Waals surface area contributed by atoms with Crippen LogP contribution in [0, 0.1) is 5.92 Å². The van der Waals surface area contributed by atoms with Crippen LogP contribution in [0.15, 0.2) is 35.2 Å². The van der Waals surface area contributed by atoms with E-state index in [1.807, 2.05) is 6.07 Å². The Morgan fingerprint density at radius 1 is 1.32 bits per heavy atom. The largest absolute Gasteiger partial charge is 0.338 e. The molecule has 2 atom stereocenters. The first kappa shape index (κ1) is 15.9. The number of amides is 1. The zero-order chi connectivity index (χ0) is 15.6. The van der Waals surface area contributed by atoms with Crippen LogP contribution in [-0.4, -0.2) is 34.7 Å². The topological polar surface area (TPSA) is 46.3 Å². The number of nitrogens with zero attached hydrogens (tertiary/aromatic N) is 1. The van der Waals surface area contributed by atoms with Crippen molar-refractivity contribution in [3.63, 3.8) is 0 Å². The van der Waals surface area contributed by atoms with E-state index in [0.717, 1.165) is 38.6 Å². The summed E-state index contributed by atoms with van der Waals surface area (Å²) in [5, 5.41) is 0. The number of benzene rings is 1. The summed E-state index contributed by atoms with van der Waals surface area (Å²) in [6, 6.07) is 10.7. The van der Waals surface area contributed by atoms with Crippen molar-refractivity contribution in [1.29, 1.82) is 0 Å². The minimum absolute atomic E-state index is 0.251.